The first-order valence-electron chi connectivity index (χ1n) is 5.74. The van der Waals surface area contributed by atoms with Gasteiger partial charge in [0.2, 0.25) is 0 Å². The SMILES string of the molecule is Fc1cc(-c2ccc(OCC(F)F)cc2)c(F)c(F)c1F. The number of ether oxygens (including phenoxy) is 1. The lowest BCUT2D eigenvalue weighted by molar-refractivity contribution is 0.0819. The van der Waals surface area contributed by atoms with E-state index in [1.54, 1.807) is 0 Å². The van der Waals surface area contributed by atoms with Crippen LogP contribution in [-0.2, 0) is 0 Å². The van der Waals surface area contributed by atoms with Gasteiger partial charge in [-0.25, -0.2) is 26.3 Å². The first kappa shape index (κ1) is 15.2. The zero-order chi connectivity index (χ0) is 15.6. The van der Waals surface area contributed by atoms with Crippen LogP contribution in [0.5, 0.6) is 5.75 Å². The molecule has 0 atom stereocenters. The molecule has 112 valence electrons. The number of halogens is 6. The fraction of sp³-hybridized carbons (Fsp3) is 0.143. The molecule has 0 heterocycles. The van der Waals surface area contributed by atoms with Crippen molar-refractivity contribution in [1.29, 1.82) is 0 Å². The summed E-state index contributed by atoms with van der Waals surface area (Å²) in [6.45, 7) is -0.812. The highest BCUT2D eigenvalue weighted by Crippen LogP contribution is 2.29. The standard InChI is InChI=1S/C14H8F6O/c15-10-5-9(12(18)14(20)13(10)19)7-1-3-8(4-2-7)21-6-11(16)17/h1-5,11H,6H2. The lowest BCUT2D eigenvalue weighted by Gasteiger charge is -2.08. The van der Waals surface area contributed by atoms with Crippen molar-refractivity contribution in [3.63, 3.8) is 0 Å². The molecule has 0 N–H and O–H groups in total. The molecule has 0 saturated heterocycles. The highest BCUT2D eigenvalue weighted by atomic mass is 19.3. The minimum atomic E-state index is -2.65. The predicted molar refractivity (Wildman–Crippen MR) is 63.2 cm³/mol. The largest absolute Gasteiger partial charge is 0.488 e. The molecular formula is C14H8F6O. The van der Waals surface area contributed by atoms with Crippen molar-refractivity contribution < 1.29 is 31.1 Å². The van der Waals surface area contributed by atoms with E-state index in [4.69, 9.17) is 4.74 Å². The van der Waals surface area contributed by atoms with E-state index < -0.39 is 41.9 Å². The third-order valence-electron chi connectivity index (χ3n) is 2.64. The van der Waals surface area contributed by atoms with Crippen molar-refractivity contribution in [1.82, 2.24) is 0 Å². The highest BCUT2D eigenvalue weighted by molar-refractivity contribution is 5.65. The molecule has 0 unspecified atom stereocenters. The summed E-state index contributed by atoms with van der Waals surface area (Å²) in [7, 11) is 0. The first-order valence-corrected chi connectivity index (χ1v) is 5.74. The van der Waals surface area contributed by atoms with Crippen LogP contribution in [0.1, 0.15) is 0 Å². The van der Waals surface area contributed by atoms with Crippen LogP contribution in [-0.4, -0.2) is 13.0 Å². The van der Waals surface area contributed by atoms with E-state index in [-0.39, 0.29) is 11.3 Å². The van der Waals surface area contributed by atoms with Gasteiger partial charge in [-0.3, -0.25) is 0 Å². The Bertz CT molecular complexity index is 639. The Balaban J connectivity index is 2.31. The minimum absolute atomic E-state index is 0.0506. The Labute approximate surface area is 115 Å². The van der Waals surface area contributed by atoms with Gasteiger partial charge in [0.15, 0.2) is 23.3 Å². The molecule has 7 heteroatoms. The van der Waals surface area contributed by atoms with Crippen molar-refractivity contribution in [2.24, 2.45) is 0 Å². The van der Waals surface area contributed by atoms with Crippen LogP contribution in [0.4, 0.5) is 26.3 Å². The quantitative estimate of drug-likeness (QED) is 0.457. The van der Waals surface area contributed by atoms with Crippen molar-refractivity contribution in [2.45, 2.75) is 6.43 Å². The molecule has 2 aromatic rings. The van der Waals surface area contributed by atoms with Crippen molar-refractivity contribution >= 4 is 0 Å². The Morgan fingerprint density at radius 3 is 2.05 bits per heavy atom. The summed E-state index contributed by atoms with van der Waals surface area (Å²) in [5, 5.41) is 0. The van der Waals surface area contributed by atoms with Gasteiger partial charge in [0.25, 0.3) is 6.43 Å². The van der Waals surface area contributed by atoms with Crippen molar-refractivity contribution in [3.05, 3.63) is 53.6 Å². The number of alkyl halides is 2. The fourth-order valence-electron chi connectivity index (χ4n) is 1.67. The second-order valence-corrected chi connectivity index (χ2v) is 4.07. The van der Waals surface area contributed by atoms with Crippen LogP contribution < -0.4 is 4.74 Å². The lowest BCUT2D eigenvalue weighted by Crippen LogP contribution is -2.06. The van der Waals surface area contributed by atoms with Gasteiger partial charge < -0.3 is 4.74 Å². The average Bonchev–Trinajstić information content (AvgIpc) is 2.47. The summed E-state index contributed by atoms with van der Waals surface area (Å²) in [6.07, 6.45) is -2.65. The van der Waals surface area contributed by atoms with Crippen molar-refractivity contribution in [3.8, 4) is 16.9 Å². The Kier molecular flexibility index (Phi) is 4.40. The zero-order valence-corrected chi connectivity index (χ0v) is 10.3. The second-order valence-electron chi connectivity index (χ2n) is 4.07. The van der Waals surface area contributed by atoms with Gasteiger partial charge in [0, 0.05) is 5.56 Å². The monoisotopic (exact) mass is 306 g/mol. The van der Waals surface area contributed by atoms with Crippen molar-refractivity contribution in [2.75, 3.05) is 6.61 Å². The minimum Gasteiger partial charge on any atom is -0.488 e. The molecule has 0 amide bonds. The maximum atomic E-state index is 13.6. The molecule has 0 fully saturated rings. The van der Waals surface area contributed by atoms with Crippen LogP contribution in [0.15, 0.2) is 30.3 Å². The number of hydrogen-bond acceptors (Lipinski definition) is 1. The smallest absolute Gasteiger partial charge is 0.272 e. The summed E-state index contributed by atoms with van der Waals surface area (Å²) < 4.78 is 81.3. The molecule has 1 nitrogen and oxygen atoms in total. The molecule has 0 saturated carbocycles. The van der Waals surface area contributed by atoms with E-state index >= 15 is 0 Å². The third kappa shape index (κ3) is 3.29. The topological polar surface area (TPSA) is 9.23 Å². The van der Waals surface area contributed by atoms with Crippen LogP contribution in [0.2, 0.25) is 0 Å². The van der Waals surface area contributed by atoms with Gasteiger partial charge in [-0.1, -0.05) is 12.1 Å². The summed E-state index contributed by atoms with van der Waals surface area (Å²) in [5.41, 5.74) is -0.429. The normalized spacial score (nSPS) is 11.0. The second kappa shape index (κ2) is 6.07. The summed E-state index contributed by atoms with van der Waals surface area (Å²) in [4.78, 5) is 0. The average molecular weight is 306 g/mol. The third-order valence-corrected chi connectivity index (χ3v) is 2.64. The van der Waals surface area contributed by atoms with Crippen LogP contribution in [0.3, 0.4) is 0 Å². The maximum Gasteiger partial charge on any atom is 0.272 e. The maximum absolute atomic E-state index is 13.6. The van der Waals surface area contributed by atoms with Gasteiger partial charge in [-0.15, -0.1) is 0 Å². The molecule has 21 heavy (non-hydrogen) atoms. The number of rotatable bonds is 4. The van der Waals surface area contributed by atoms with Gasteiger partial charge in [0.05, 0.1) is 0 Å². The highest BCUT2D eigenvalue weighted by Gasteiger charge is 2.19. The van der Waals surface area contributed by atoms with Crippen LogP contribution in [0.25, 0.3) is 11.1 Å². The predicted octanol–water partition coefficient (Wildman–Crippen LogP) is 4.55. The first-order chi connectivity index (χ1) is 9.90. The molecule has 2 aromatic carbocycles. The molecule has 0 spiro atoms. The van der Waals surface area contributed by atoms with Gasteiger partial charge >= 0.3 is 0 Å². The molecule has 0 bridgehead atoms. The molecule has 0 aliphatic rings. The Hall–Kier alpha value is -2.18. The summed E-state index contributed by atoms with van der Waals surface area (Å²) in [5.74, 6) is -6.78. The van der Waals surface area contributed by atoms with E-state index in [1.807, 2.05) is 0 Å². The molecule has 0 aliphatic carbocycles. The van der Waals surface area contributed by atoms with E-state index in [0.29, 0.717) is 6.07 Å². The van der Waals surface area contributed by atoms with E-state index in [2.05, 4.69) is 0 Å². The molecule has 0 radical (unpaired) electrons. The van der Waals surface area contributed by atoms with Gasteiger partial charge in [-0.2, -0.15) is 0 Å². The Morgan fingerprint density at radius 2 is 1.48 bits per heavy atom. The Morgan fingerprint density at radius 1 is 0.857 bits per heavy atom. The fourth-order valence-corrected chi connectivity index (χ4v) is 1.67. The molecule has 0 aromatic heterocycles. The number of benzene rings is 2. The summed E-state index contributed by atoms with van der Waals surface area (Å²) >= 11 is 0. The molecular weight excluding hydrogens is 298 g/mol. The zero-order valence-electron chi connectivity index (χ0n) is 10.3. The van der Waals surface area contributed by atoms with Crippen LogP contribution >= 0.6 is 0 Å². The summed E-state index contributed by atoms with van der Waals surface area (Å²) in [6, 6.07) is 5.42. The van der Waals surface area contributed by atoms with Gasteiger partial charge in [0.1, 0.15) is 12.4 Å². The van der Waals surface area contributed by atoms with Crippen LogP contribution in [0, 0.1) is 23.3 Å². The number of hydrogen-bond donors (Lipinski definition) is 0. The molecule has 0 aliphatic heterocycles. The van der Waals surface area contributed by atoms with E-state index in [1.165, 1.54) is 24.3 Å². The van der Waals surface area contributed by atoms with E-state index in [9.17, 15) is 26.3 Å². The van der Waals surface area contributed by atoms with Gasteiger partial charge in [-0.05, 0) is 23.8 Å². The van der Waals surface area contributed by atoms with E-state index in [0.717, 1.165) is 0 Å². The lowest BCUT2D eigenvalue weighted by atomic mass is 10.0. The molecule has 2 rings (SSSR count).